The molecule has 0 atom stereocenters. The summed E-state index contributed by atoms with van der Waals surface area (Å²) in [5.41, 5.74) is 1.71. The van der Waals surface area contributed by atoms with Crippen molar-refractivity contribution in [3.05, 3.63) is 65.2 Å². The number of carboxylic acids is 1. The number of anilines is 1. The Labute approximate surface area is 151 Å². The molecule has 0 heterocycles. The van der Waals surface area contributed by atoms with Gasteiger partial charge in [0.15, 0.2) is 11.5 Å². The molecular formula is C19H20ClNO4. The standard InChI is InChI=1S/C19H20ClNO4/c1-3-9-25-17-8-5-13(10-18(17)24-4-2)12-21-14-6-7-16(20)15(11-14)19(22)23/h3,5-8,10-11,21H,1,4,9,12H2,2H3,(H,22,23). The summed E-state index contributed by atoms with van der Waals surface area (Å²) in [5.74, 6) is 0.257. The first-order valence-corrected chi connectivity index (χ1v) is 8.19. The Hall–Kier alpha value is -2.66. The zero-order chi connectivity index (χ0) is 18.2. The van der Waals surface area contributed by atoms with Gasteiger partial charge >= 0.3 is 5.97 Å². The molecule has 0 amide bonds. The number of carbonyl (C=O) groups is 1. The second-order valence-electron chi connectivity index (χ2n) is 5.17. The molecule has 6 heteroatoms. The molecule has 0 saturated carbocycles. The summed E-state index contributed by atoms with van der Waals surface area (Å²) in [7, 11) is 0. The van der Waals surface area contributed by atoms with E-state index in [9.17, 15) is 4.79 Å². The van der Waals surface area contributed by atoms with Crippen LogP contribution in [-0.4, -0.2) is 24.3 Å². The number of ether oxygens (including phenoxy) is 2. The lowest BCUT2D eigenvalue weighted by Gasteiger charge is -2.13. The Morgan fingerprint density at radius 1 is 1.24 bits per heavy atom. The van der Waals surface area contributed by atoms with Crippen LogP contribution in [0.3, 0.4) is 0 Å². The van der Waals surface area contributed by atoms with Crippen molar-refractivity contribution in [1.82, 2.24) is 0 Å². The van der Waals surface area contributed by atoms with Crippen LogP contribution in [-0.2, 0) is 6.54 Å². The summed E-state index contributed by atoms with van der Waals surface area (Å²) in [6.07, 6.45) is 1.67. The molecule has 0 bridgehead atoms. The lowest BCUT2D eigenvalue weighted by atomic mass is 10.1. The van der Waals surface area contributed by atoms with Crippen LogP contribution in [0.5, 0.6) is 11.5 Å². The van der Waals surface area contributed by atoms with E-state index >= 15 is 0 Å². The summed E-state index contributed by atoms with van der Waals surface area (Å²) < 4.78 is 11.2. The van der Waals surface area contributed by atoms with Gasteiger partial charge in [0.25, 0.3) is 0 Å². The van der Waals surface area contributed by atoms with Crippen molar-refractivity contribution >= 4 is 23.3 Å². The monoisotopic (exact) mass is 361 g/mol. The van der Waals surface area contributed by atoms with Crippen molar-refractivity contribution in [3.8, 4) is 11.5 Å². The number of nitrogens with one attached hydrogen (secondary N) is 1. The van der Waals surface area contributed by atoms with E-state index in [-0.39, 0.29) is 10.6 Å². The number of carboxylic acid groups (broad SMARTS) is 1. The maximum Gasteiger partial charge on any atom is 0.337 e. The third kappa shape index (κ3) is 5.16. The van der Waals surface area contributed by atoms with Crippen molar-refractivity contribution < 1.29 is 19.4 Å². The first-order chi connectivity index (χ1) is 12.0. The number of hydrogen-bond donors (Lipinski definition) is 2. The van der Waals surface area contributed by atoms with E-state index in [0.717, 1.165) is 5.56 Å². The highest BCUT2D eigenvalue weighted by Gasteiger charge is 2.10. The topological polar surface area (TPSA) is 67.8 Å². The fourth-order valence-corrected chi connectivity index (χ4v) is 2.40. The van der Waals surface area contributed by atoms with Gasteiger partial charge in [-0.05, 0) is 42.8 Å². The fourth-order valence-electron chi connectivity index (χ4n) is 2.20. The van der Waals surface area contributed by atoms with E-state index in [1.54, 1.807) is 18.2 Å². The molecule has 2 rings (SSSR count). The van der Waals surface area contributed by atoms with E-state index in [2.05, 4.69) is 11.9 Å². The zero-order valence-corrected chi connectivity index (χ0v) is 14.7. The van der Waals surface area contributed by atoms with Gasteiger partial charge in [0.05, 0.1) is 17.2 Å². The van der Waals surface area contributed by atoms with Gasteiger partial charge in [-0.2, -0.15) is 0 Å². The van der Waals surface area contributed by atoms with E-state index in [1.807, 2.05) is 25.1 Å². The van der Waals surface area contributed by atoms with Crippen LogP contribution in [0.15, 0.2) is 49.1 Å². The highest BCUT2D eigenvalue weighted by atomic mass is 35.5. The Balaban J connectivity index is 2.12. The molecule has 132 valence electrons. The van der Waals surface area contributed by atoms with Gasteiger partial charge in [-0.1, -0.05) is 30.3 Å². The molecule has 0 unspecified atom stereocenters. The first kappa shape index (κ1) is 18.7. The average Bonchev–Trinajstić information content (AvgIpc) is 2.60. The molecule has 0 aliphatic carbocycles. The summed E-state index contributed by atoms with van der Waals surface area (Å²) in [5, 5.41) is 12.5. The van der Waals surface area contributed by atoms with Crippen LogP contribution >= 0.6 is 11.6 Å². The highest BCUT2D eigenvalue weighted by Crippen LogP contribution is 2.29. The largest absolute Gasteiger partial charge is 0.490 e. The molecule has 2 aromatic carbocycles. The molecule has 2 aromatic rings. The van der Waals surface area contributed by atoms with Crippen molar-refractivity contribution in [2.45, 2.75) is 13.5 Å². The molecular weight excluding hydrogens is 342 g/mol. The predicted molar refractivity (Wildman–Crippen MR) is 99.0 cm³/mol. The zero-order valence-electron chi connectivity index (χ0n) is 13.9. The SMILES string of the molecule is C=CCOc1ccc(CNc2ccc(Cl)c(C(=O)O)c2)cc1OCC. The summed E-state index contributed by atoms with van der Waals surface area (Å²) in [6.45, 7) is 6.97. The van der Waals surface area contributed by atoms with Gasteiger partial charge in [-0.25, -0.2) is 4.79 Å². The minimum Gasteiger partial charge on any atom is -0.490 e. The van der Waals surface area contributed by atoms with Gasteiger partial charge in [-0.3, -0.25) is 0 Å². The highest BCUT2D eigenvalue weighted by molar-refractivity contribution is 6.33. The maximum atomic E-state index is 11.1. The number of benzene rings is 2. The summed E-state index contributed by atoms with van der Waals surface area (Å²) in [4.78, 5) is 11.1. The van der Waals surface area contributed by atoms with Crippen molar-refractivity contribution in [1.29, 1.82) is 0 Å². The van der Waals surface area contributed by atoms with E-state index in [0.29, 0.717) is 36.9 Å². The van der Waals surface area contributed by atoms with Crippen LogP contribution < -0.4 is 14.8 Å². The van der Waals surface area contributed by atoms with Gasteiger partial charge in [-0.15, -0.1) is 0 Å². The summed E-state index contributed by atoms with van der Waals surface area (Å²) >= 11 is 5.88. The van der Waals surface area contributed by atoms with E-state index in [1.165, 1.54) is 6.07 Å². The normalized spacial score (nSPS) is 10.2. The van der Waals surface area contributed by atoms with Gasteiger partial charge < -0.3 is 19.9 Å². The number of halogens is 1. The quantitative estimate of drug-likeness (QED) is 0.638. The molecule has 0 radical (unpaired) electrons. The Morgan fingerprint density at radius 2 is 2.04 bits per heavy atom. The minimum atomic E-state index is -1.06. The first-order valence-electron chi connectivity index (χ1n) is 7.81. The molecule has 0 spiro atoms. The smallest absolute Gasteiger partial charge is 0.337 e. The predicted octanol–water partition coefficient (Wildman–Crippen LogP) is 4.61. The lowest BCUT2D eigenvalue weighted by Crippen LogP contribution is -2.04. The van der Waals surface area contributed by atoms with Crippen LogP contribution in [0.25, 0.3) is 0 Å². The Kier molecular flexibility index (Phi) is 6.71. The molecule has 0 fully saturated rings. The number of rotatable bonds is 9. The fraction of sp³-hybridized carbons (Fsp3) is 0.211. The van der Waals surface area contributed by atoms with Gasteiger partial charge in [0, 0.05) is 12.2 Å². The molecule has 0 saturated heterocycles. The molecule has 0 aromatic heterocycles. The average molecular weight is 362 g/mol. The molecule has 25 heavy (non-hydrogen) atoms. The molecule has 0 aliphatic rings. The Morgan fingerprint density at radius 3 is 2.72 bits per heavy atom. The van der Waals surface area contributed by atoms with Gasteiger partial charge in [0.1, 0.15) is 6.61 Å². The van der Waals surface area contributed by atoms with E-state index < -0.39 is 5.97 Å². The van der Waals surface area contributed by atoms with E-state index in [4.69, 9.17) is 26.2 Å². The third-order valence-electron chi connectivity index (χ3n) is 3.36. The number of aromatic carboxylic acids is 1. The summed E-state index contributed by atoms with van der Waals surface area (Å²) in [6, 6.07) is 10.5. The van der Waals surface area contributed by atoms with Crippen molar-refractivity contribution in [2.75, 3.05) is 18.5 Å². The second-order valence-corrected chi connectivity index (χ2v) is 5.57. The van der Waals surface area contributed by atoms with Gasteiger partial charge in [0.2, 0.25) is 0 Å². The second kappa shape index (κ2) is 8.99. The third-order valence-corrected chi connectivity index (χ3v) is 3.69. The van der Waals surface area contributed by atoms with Crippen molar-refractivity contribution in [3.63, 3.8) is 0 Å². The number of hydrogen-bond acceptors (Lipinski definition) is 4. The van der Waals surface area contributed by atoms with Crippen LogP contribution in [0.2, 0.25) is 5.02 Å². The van der Waals surface area contributed by atoms with Crippen LogP contribution in [0.4, 0.5) is 5.69 Å². The molecule has 2 N–H and O–H groups in total. The van der Waals surface area contributed by atoms with Crippen LogP contribution in [0, 0.1) is 0 Å². The molecule has 0 aliphatic heterocycles. The lowest BCUT2D eigenvalue weighted by molar-refractivity contribution is 0.0697. The Bertz CT molecular complexity index is 761. The maximum absolute atomic E-state index is 11.1. The molecule has 5 nitrogen and oxygen atoms in total. The minimum absolute atomic E-state index is 0.0647. The van der Waals surface area contributed by atoms with Crippen molar-refractivity contribution in [2.24, 2.45) is 0 Å². The van der Waals surface area contributed by atoms with Crippen LogP contribution in [0.1, 0.15) is 22.8 Å².